The van der Waals surface area contributed by atoms with Crippen molar-refractivity contribution >= 4 is 57.2 Å². The first-order valence-electron chi connectivity index (χ1n) is 15.2. The molecule has 2 aliphatic rings. The molecule has 2 fully saturated rings. The zero-order valence-electron chi connectivity index (χ0n) is 27.7. The predicted molar refractivity (Wildman–Crippen MR) is 181 cm³/mol. The summed E-state index contributed by atoms with van der Waals surface area (Å²) in [5.74, 6) is -5.31. The highest BCUT2D eigenvalue weighted by Crippen LogP contribution is 2.52. The zero-order valence-corrected chi connectivity index (χ0v) is 29.3. The summed E-state index contributed by atoms with van der Waals surface area (Å²) in [7, 11) is 1.77. The number of aliphatic carboxylic acids is 2. The highest BCUT2D eigenvalue weighted by Gasteiger charge is 2.65. The fourth-order valence-corrected chi connectivity index (χ4v) is 9.48. The minimum absolute atomic E-state index is 0.0741. The summed E-state index contributed by atoms with van der Waals surface area (Å²) < 4.78 is 11.0. The molecule has 14 nitrogen and oxygen atoms in total. The van der Waals surface area contributed by atoms with Crippen LogP contribution >= 0.6 is 21.6 Å². The Morgan fingerprint density at radius 1 is 0.720 bits per heavy atom. The second kappa shape index (κ2) is 15.3. The first-order chi connectivity index (χ1) is 23.5. The number of likely N-dealkylation sites (tertiary alicyclic amines) is 2. The first-order valence-corrected chi connectivity index (χ1v) is 17.5. The van der Waals surface area contributed by atoms with Crippen molar-refractivity contribution in [3.05, 3.63) is 85.0 Å². The van der Waals surface area contributed by atoms with Gasteiger partial charge < -0.3 is 49.7 Å². The molecule has 0 radical (unpaired) electrons. The maximum Gasteiger partial charge on any atom is 0.258 e. The van der Waals surface area contributed by atoms with Gasteiger partial charge in [0.25, 0.3) is 23.6 Å². The molecule has 2 saturated heterocycles. The van der Waals surface area contributed by atoms with E-state index in [0.29, 0.717) is 11.5 Å². The van der Waals surface area contributed by atoms with E-state index in [-0.39, 0.29) is 11.1 Å². The number of carbonyl (C=O) groups is 6. The van der Waals surface area contributed by atoms with Crippen LogP contribution in [0.3, 0.4) is 0 Å². The first kappa shape index (κ1) is 37.9. The van der Waals surface area contributed by atoms with Crippen LogP contribution in [0.5, 0.6) is 11.5 Å². The van der Waals surface area contributed by atoms with Crippen LogP contribution < -0.4 is 30.3 Å². The van der Waals surface area contributed by atoms with Gasteiger partial charge in [-0.25, -0.2) is 0 Å². The normalized spacial score (nSPS) is 23.8. The second-order valence-electron chi connectivity index (χ2n) is 12.2. The van der Waals surface area contributed by atoms with Gasteiger partial charge in [-0.2, -0.15) is 0 Å². The molecule has 0 saturated carbocycles. The van der Waals surface area contributed by atoms with Gasteiger partial charge >= 0.3 is 0 Å². The molecule has 4 amide bonds. The molecular formula is C34H36N4O10S2-2. The molecular weight excluding hydrogens is 689 g/mol. The standard InChI is InChI=1S/C34H38N4O10S2/c1-19(2)25(27(41)42)37-29(45)33(5,35-23(39)17-47-21-13-9-7-10-14-21)31(37)49-50-32-34(6,30(46)38(32)26(20(3)4)28(43)44)36-24(40)18-48-22-15-11-8-12-16-22/h7-16,25-26,31-32H,1,3,17-18H2,2,4-6H3,(H,35,39)(H,36,40)(H,41,42)(H,43,44)/p-2. The topological polar surface area (TPSA) is 198 Å². The Morgan fingerprint density at radius 3 is 1.32 bits per heavy atom. The molecule has 16 heteroatoms. The highest BCUT2D eigenvalue weighted by atomic mass is 33.1. The summed E-state index contributed by atoms with van der Waals surface area (Å²) in [6.45, 7) is 12.1. The highest BCUT2D eigenvalue weighted by molar-refractivity contribution is 8.77. The van der Waals surface area contributed by atoms with Crippen molar-refractivity contribution in [1.29, 1.82) is 0 Å². The molecule has 50 heavy (non-hydrogen) atoms. The van der Waals surface area contributed by atoms with Crippen LogP contribution in [0, 0.1) is 0 Å². The van der Waals surface area contributed by atoms with Crippen molar-refractivity contribution in [2.24, 2.45) is 0 Å². The predicted octanol–water partition coefficient (Wildman–Crippen LogP) is 0.00140. The maximum atomic E-state index is 13.6. The molecule has 2 aromatic carbocycles. The number of nitrogens with zero attached hydrogens (tertiary/aromatic N) is 2. The molecule has 0 aliphatic carbocycles. The van der Waals surface area contributed by atoms with Gasteiger partial charge in [-0.15, -0.1) is 0 Å². The van der Waals surface area contributed by atoms with E-state index in [2.05, 4.69) is 23.8 Å². The summed E-state index contributed by atoms with van der Waals surface area (Å²) in [6, 6.07) is 13.8. The molecule has 6 atom stereocenters. The lowest BCUT2D eigenvalue weighted by Gasteiger charge is -2.59. The molecule has 266 valence electrons. The molecule has 0 bridgehead atoms. The summed E-state index contributed by atoms with van der Waals surface area (Å²) in [5, 5.41) is 27.4. The third kappa shape index (κ3) is 7.60. The third-order valence-electron chi connectivity index (χ3n) is 8.05. The third-order valence-corrected chi connectivity index (χ3v) is 11.3. The van der Waals surface area contributed by atoms with Crippen molar-refractivity contribution in [2.45, 2.75) is 61.6 Å². The van der Waals surface area contributed by atoms with E-state index in [1.807, 2.05) is 0 Å². The average molecular weight is 725 g/mol. The van der Waals surface area contributed by atoms with Gasteiger partial charge in [0.1, 0.15) is 33.3 Å². The molecule has 6 unspecified atom stereocenters. The fraction of sp³-hybridized carbons (Fsp3) is 0.353. The van der Waals surface area contributed by atoms with E-state index in [4.69, 9.17) is 9.47 Å². The molecule has 2 N–H and O–H groups in total. The van der Waals surface area contributed by atoms with Crippen LogP contribution in [0.4, 0.5) is 0 Å². The minimum Gasteiger partial charge on any atom is -0.548 e. The van der Waals surface area contributed by atoms with Gasteiger partial charge in [0.2, 0.25) is 0 Å². The molecule has 2 aromatic rings. The van der Waals surface area contributed by atoms with E-state index < -0.39 is 82.7 Å². The Hall–Kier alpha value is -4.96. The largest absolute Gasteiger partial charge is 0.548 e. The molecule has 2 aliphatic heterocycles. The van der Waals surface area contributed by atoms with E-state index in [1.165, 1.54) is 27.7 Å². The number of hydrogen-bond acceptors (Lipinski definition) is 12. The summed E-state index contributed by atoms with van der Waals surface area (Å²) in [6.07, 6.45) is 0. The lowest BCUT2D eigenvalue weighted by atomic mass is 9.86. The van der Waals surface area contributed by atoms with E-state index in [1.54, 1.807) is 60.7 Å². The second-order valence-corrected chi connectivity index (χ2v) is 14.6. The Labute approximate surface area is 296 Å². The summed E-state index contributed by atoms with van der Waals surface area (Å²) >= 11 is 0. The Morgan fingerprint density at radius 2 is 1.04 bits per heavy atom. The number of β-lactam (4-membered cyclic amide) rings is 2. The fourth-order valence-electron chi connectivity index (χ4n) is 5.60. The zero-order chi connectivity index (χ0) is 37.0. The van der Waals surface area contributed by atoms with Crippen molar-refractivity contribution < 1.29 is 48.5 Å². The number of amides is 4. The van der Waals surface area contributed by atoms with Crippen LogP contribution in [0.1, 0.15) is 27.7 Å². The van der Waals surface area contributed by atoms with E-state index in [9.17, 15) is 39.0 Å². The van der Waals surface area contributed by atoms with Crippen LogP contribution in [-0.4, -0.2) is 92.5 Å². The Kier molecular flexibility index (Phi) is 11.6. The van der Waals surface area contributed by atoms with Crippen molar-refractivity contribution in [2.75, 3.05) is 13.2 Å². The number of hydrogen-bond donors (Lipinski definition) is 2. The monoisotopic (exact) mass is 724 g/mol. The van der Waals surface area contributed by atoms with Gasteiger partial charge in [-0.1, -0.05) is 82.3 Å². The van der Waals surface area contributed by atoms with E-state index in [0.717, 1.165) is 31.4 Å². The van der Waals surface area contributed by atoms with Crippen LogP contribution in [0.15, 0.2) is 85.0 Å². The van der Waals surface area contributed by atoms with Crippen molar-refractivity contribution in [3.8, 4) is 11.5 Å². The molecule has 0 aromatic heterocycles. The number of rotatable bonds is 17. The number of carbonyl (C=O) groups excluding carboxylic acids is 6. The van der Waals surface area contributed by atoms with Crippen molar-refractivity contribution in [1.82, 2.24) is 20.4 Å². The average Bonchev–Trinajstić information content (AvgIpc) is 3.06. The van der Waals surface area contributed by atoms with Crippen molar-refractivity contribution in [3.63, 3.8) is 0 Å². The summed E-state index contributed by atoms with van der Waals surface area (Å²) in [4.78, 5) is 79.7. The number of nitrogens with one attached hydrogen (secondary N) is 2. The van der Waals surface area contributed by atoms with Gasteiger partial charge in [-0.05, 0) is 52.0 Å². The van der Waals surface area contributed by atoms with Crippen LogP contribution in [0.25, 0.3) is 0 Å². The molecule has 4 rings (SSSR count). The lowest BCUT2D eigenvalue weighted by Crippen LogP contribution is -2.82. The lowest BCUT2D eigenvalue weighted by molar-refractivity contribution is -0.312. The number of para-hydroxylation sites is 2. The number of carboxylic acid groups (broad SMARTS) is 2. The quantitative estimate of drug-likeness (QED) is 0.126. The number of ether oxygens (including phenoxy) is 2. The van der Waals surface area contributed by atoms with Crippen LogP contribution in [0.2, 0.25) is 0 Å². The number of carboxylic acids is 2. The van der Waals surface area contributed by atoms with Gasteiger partial charge in [0, 0.05) is 0 Å². The molecule has 2 heterocycles. The SMILES string of the molecule is C=C(C)C(C(=O)[O-])N1C(=O)C(C)(NC(=O)COc2ccccc2)C1SSC1N(C(C(=C)C)C(=O)[O-])C(=O)C1(C)NC(=O)COc1ccccc1. The van der Waals surface area contributed by atoms with E-state index >= 15 is 0 Å². The molecule has 0 spiro atoms. The smallest absolute Gasteiger partial charge is 0.258 e. The van der Waals surface area contributed by atoms with Gasteiger partial charge in [-0.3, -0.25) is 19.2 Å². The van der Waals surface area contributed by atoms with Gasteiger partial charge in [0.05, 0.1) is 24.0 Å². The summed E-state index contributed by atoms with van der Waals surface area (Å²) in [5.41, 5.74) is -3.24. The van der Waals surface area contributed by atoms with Crippen LogP contribution in [-0.2, 0) is 28.8 Å². The Balaban J connectivity index is 1.60. The Bertz CT molecular complexity index is 1540. The minimum atomic E-state index is -1.69. The number of benzene rings is 2. The van der Waals surface area contributed by atoms with Gasteiger partial charge in [0.15, 0.2) is 13.2 Å². The maximum absolute atomic E-state index is 13.6.